The number of methoxy groups -OCH3 is 2. The second-order valence-electron chi connectivity index (χ2n) is 8.40. The molecule has 0 bridgehead atoms. The number of likely N-dealkylation sites (tertiary alicyclic amines) is 1. The van der Waals surface area contributed by atoms with Gasteiger partial charge in [0.1, 0.15) is 11.5 Å². The van der Waals surface area contributed by atoms with Crippen LogP contribution in [0, 0.1) is 0 Å². The van der Waals surface area contributed by atoms with Crippen molar-refractivity contribution in [3.63, 3.8) is 0 Å². The highest BCUT2D eigenvalue weighted by Gasteiger charge is 2.47. The highest BCUT2D eigenvalue weighted by atomic mass is 32.2. The highest BCUT2D eigenvalue weighted by Crippen LogP contribution is 2.45. The van der Waals surface area contributed by atoms with Crippen LogP contribution in [0.2, 0.25) is 0 Å². The predicted molar refractivity (Wildman–Crippen MR) is 125 cm³/mol. The Kier molecular flexibility index (Phi) is 8.52. The number of carbonyl (C=O) groups excluding carboxylic acids is 2. The van der Waals surface area contributed by atoms with E-state index in [1.165, 1.54) is 19.3 Å². The van der Waals surface area contributed by atoms with E-state index >= 15 is 0 Å². The Hall–Kier alpha value is -1.89. The Morgan fingerprint density at radius 2 is 1.61 bits per heavy atom. The standard InChI is InChI=1S/C24H36N2O4S/c1-4-5-6-7-8-9-22(27)25-12-10-24(11-13-25)26(14-15-31-24)23(28)19-16-20(29-2)18-21(17-19)30-3/h16-18H,4-15H2,1-3H3. The molecule has 0 aliphatic carbocycles. The summed E-state index contributed by atoms with van der Waals surface area (Å²) in [6, 6.07) is 5.33. The number of hydrogen-bond donors (Lipinski definition) is 0. The van der Waals surface area contributed by atoms with Crippen molar-refractivity contribution in [1.29, 1.82) is 0 Å². The number of hydrogen-bond acceptors (Lipinski definition) is 5. The largest absolute Gasteiger partial charge is 0.497 e. The van der Waals surface area contributed by atoms with Gasteiger partial charge in [-0.25, -0.2) is 0 Å². The zero-order valence-electron chi connectivity index (χ0n) is 19.2. The second-order valence-corrected chi connectivity index (χ2v) is 9.85. The molecule has 0 atom stereocenters. The van der Waals surface area contributed by atoms with Gasteiger partial charge in [0, 0.05) is 43.4 Å². The molecular weight excluding hydrogens is 412 g/mol. The van der Waals surface area contributed by atoms with Crippen LogP contribution in [-0.4, -0.2) is 66.1 Å². The van der Waals surface area contributed by atoms with E-state index in [1.54, 1.807) is 32.4 Å². The molecule has 1 aromatic carbocycles. The maximum absolute atomic E-state index is 13.4. The molecule has 2 amide bonds. The number of piperidine rings is 1. The summed E-state index contributed by atoms with van der Waals surface area (Å²) in [6.07, 6.45) is 8.11. The Labute approximate surface area is 190 Å². The normalized spacial score (nSPS) is 17.8. The lowest BCUT2D eigenvalue weighted by molar-refractivity contribution is -0.132. The Bertz CT molecular complexity index is 740. The predicted octanol–water partition coefficient (Wildman–Crippen LogP) is 4.57. The van der Waals surface area contributed by atoms with Crippen molar-refractivity contribution in [1.82, 2.24) is 9.80 Å². The van der Waals surface area contributed by atoms with Gasteiger partial charge < -0.3 is 19.3 Å². The van der Waals surface area contributed by atoms with Crippen LogP contribution in [0.25, 0.3) is 0 Å². The fourth-order valence-corrected chi connectivity index (χ4v) is 5.99. The first-order valence-corrected chi connectivity index (χ1v) is 12.5. The van der Waals surface area contributed by atoms with Crippen LogP contribution >= 0.6 is 11.8 Å². The summed E-state index contributed by atoms with van der Waals surface area (Å²) in [5, 5.41) is 0. The average Bonchev–Trinajstić information content (AvgIpc) is 3.21. The second kappa shape index (κ2) is 11.1. The number of ether oxygens (including phenoxy) is 2. The summed E-state index contributed by atoms with van der Waals surface area (Å²) in [4.78, 5) is 29.8. The molecule has 2 saturated heterocycles. The van der Waals surface area contributed by atoms with Gasteiger partial charge in [0.15, 0.2) is 0 Å². The van der Waals surface area contributed by atoms with Crippen LogP contribution in [0.5, 0.6) is 11.5 Å². The number of thioether (sulfide) groups is 1. The molecule has 0 aromatic heterocycles. The van der Waals surface area contributed by atoms with Gasteiger partial charge in [-0.3, -0.25) is 9.59 Å². The number of rotatable bonds is 9. The zero-order valence-corrected chi connectivity index (χ0v) is 20.0. The van der Waals surface area contributed by atoms with Gasteiger partial charge in [-0.15, -0.1) is 11.8 Å². The molecule has 2 aliphatic rings. The minimum absolute atomic E-state index is 0.0119. The Morgan fingerprint density at radius 1 is 0.968 bits per heavy atom. The lowest BCUT2D eigenvalue weighted by Crippen LogP contribution is -2.53. The molecule has 2 fully saturated rings. The lowest BCUT2D eigenvalue weighted by atomic mass is 10.00. The number of nitrogens with zero attached hydrogens (tertiary/aromatic N) is 2. The Morgan fingerprint density at radius 3 is 2.23 bits per heavy atom. The van der Waals surface area contributed by atoms with Gasteiger partial charge in [-0.05, 0) is 31.4 Å². The van der Waals surface area contributed by atoms with E-state index in [9.17, 15) is 9.59 Å². The molecule has 3 rings (SSSR count). The van der Waals surface area contributed by atoms with Gasteiger partial charge in [0.2, 0.25) is 5.91 Å². The van der Waals surface area contributed by atoms with Crippen LogP contribution in [-0.2, 0) is 4.79 Å². The molecule has 1 aromatic rings. The third-order valence-electron chi connectivity index (χ3n) is 6.41. The van der Waals surface area contributed by atoms with Gasteiger partial charge in [-0.1, -0.05) is 32.6 Å². The molecule has 0 N–H and O–H groups in total. The summed E-state index contributed by atoms with van der Waals surface area (Å²) < 4.78 is 10.7. The zero-order chi connectivity index (χ0) is 22.3. The highest BCUT2D eigenvalue weighted by molar-refractivity contribution is 8.00. The van der Waals surface area contributed by atoms with Crippen LogP contribution in [0.3, 0.4) is 0 Å². The third-order valence-corrected chi connectivity index (χ3v) is 7.97. The molecule has 0 unspecified atom stereocenters. The minimum Gasteiger partial charge on any atom is -0.497 e. The monoisotopic (exact) mass is 448 g/mol. The van der Waals surface area contributed by atoms with E-state index < -0.39 is 0 Å². The van der Waals surface area contributed by atoms with Crippen LogP contribution in [0.15, 0.2) is 18.2 Å². The molecule has 6 nitrogen and oxygen atoms in total. The van der Waals surface area contributed by atoms with Crippen LogP contribution < -0.4 is 9.47 Å². The van der Waals surface area contributed by atoms with Crippen molar-refractivity contribution in [2.75, 3.05) is 39.6 Å². The van der Waals surface area contributed by atoms with E-state index in [0.717, 1.165) is 51.1 Å². The molecule has 0 radical (unpaired) electrons. The minimum atomic E-state index is -0.217. The maximum atomic E-state index is 13.4. The van der Waals surface area contributed by atoms with Crippen molar-refractivity contribution in [3.05, 3.63) is 23.8 Å². The van der Waals surface area contributed by atoms with Crippen molar-refractivity contribution < 1.29 is 19.1 Å². The van der Waals surface area contributed by atoms with Gasteiger partial charge in [0.25, 0.3) is 5.91 Å². The summed E-state index contributed by atoms with van der Waals surface area (Å²) >= 11 is 1.86. The molecule has 7 heteroatoms. The van der Waals surface area contributed by atoms with Crippen LogP contribution in [0.1, 0.15) is 68.6 Å². The molecule has 172 valence electrons. The summed E-state index contributed by atoms with van der Waals surface area (Å²) in [6.45, 7) is 4.39. The number of carbonyl (C=O) groups is 2. The van der Waals surface area contributed by atoms with Gasteiger partial charge >= 0.3 is 0 Å². The number of unbranched alkanes of at least 4 members (excludes halogenated alkanes) is 4. The van der Waals surface area contributed by atoms with E-state index in [1.807, 2.05) is 21.6 Å². The first-order valence-electron chi connectivity index (χ1n) is 11.5. The number of amides is 2. The first-order chi connectivity index (χ1) is 15.0. The number of benzene rings is 1. The Balaban J connectivity index is 1.60. The molecule has 2 aliphatic heterocycles. The molecular formula is C24H36N2O4S. The van der Waals surface area contributed by atoms with E-state index in [0.29, 0.717) is 23.5 Å². The quantitative estimate of drug-likeness (QED) is 0.518. The summed E-state index contributed by atoms with van der Waals surface area (Å²) in [5.74, 6) is 2.44. The fraction of sp³-hybridized carbons (Fsp3) is 0.667. The smallest absolute Gasteiger partial charge is 0.255 e. The first kappa shape index (κ1) is 23.8. The topological polar surface area (TPSA) is 59.1 Å². The van der Waals surface area contributed by atoms with Gasteiger partial charge in [-0.2, -0.15) is 0 Å². The van der Waals surface area contributed by atoms with Crippen LogP contribution in [0.4, 0.5) is 0 Å². The van der Waals surface area contributed by atoms with Crippen molar-refractivity contribution in [2.24, 2.45) is 0 Å². The van der Waals surface area contributed by atoms with Crippen molar-refractivity contribution in [3.8, 4) is 11.5 Å². The summed E-state index contributed by atoms with van der Waals surface area (Å²) in [5.41, 5.74) is 0.587. The molecule has 1 spiro atoms. The molecule has 31 heavy (non-hydrogen) atoms. The summed E-state index contributed by atoms with van der Waals surface area (Å²) in [7, 11) is 3.18. The van der Waals surface area contributed by atoms with E-state index in [2.05, 4.69) is 6.92 Å². The van der Waals surface area contributed by atoms with Crippen molar-refractivity contribution >= 4 is 23.6 Å². The fourth-order valence-electron chi connectivity index (χ4n) is 4.54. The van der Waals surface area contributed by atoms with E-state index in [-0.39, 0.29) is 16.7 Å². The maximum Gasteiger partial charge on any atom is 0.255 e. The SMILES string of the molecule is CCCCCCCC(=O)N1CCC2(CC1)SCCN2C(=O)c1cc(OC)cc(OC)c1. The third kappa shape index (κ3) is 5.68. The van der Waals surface area contributed by atoms with Crippen molar-refractivity contribution in [2.45, 2.75) is 63.2 Å². The van der Waals surface area contributed by atoms with Gasteiger partial charge in [0.05, 0.1) is 19.1 Å². The van der Waals surface area contributed by atoms with E-state index in [4.69, 9.17) is 9.47 Å². The molecule has 0 saturated carbocycles. The molecule has 2 heterocycles. The average molecular weight is 449 g/mol. The lowest BCUT2D eigenvalue weighted by Gasteiger charge is -2.44.